The Morgan fingerprint density at radius 3 is 1.93 bits per heavy atom. The van der Waals surface area contributed by atoms with E-state index in [0.717, 1.165) is 30.3 Å². The van der Waals surface area contributed by atoms with Gasteiger partial charge in [-0.2, -0.15) is 5.26 Å². The van der Waals surface area contributed by atoms with E-state index in [4.69, 9.17) is 5.26 Å². The Bertz CT molecular complexity index is 954. The van der Waals surface area contributed by atoms with Crippen LogP contribution in [0.2, 0.25) is 0 Å². The summed E-state index contributed by atoms with van der Waals surface area (Å²) in [6, 6.07) is 19.7. The summed E-state index contributed by atoms with van der Waals surface area (Å²) in [7, 11) is 0. The molecule has 2 heterocycles. The molecule has 6 nitrogen and oxygen atoms in total. The van der Waals surface area contributed by atoms with Gasteiger partial charge in [-0.3, -0.25) is 0 Å². The number of piperidine rings is 1. The number of nitrogens with one attached hydrogen (secondary N) is 2. The zero-order valence-corrected chi connectivity index (χ0v) is 15.6. The Kier molecular flexibility index (Phi) is 5.34. The Balaban J connectivity index is 1.42. The second-order valence-corrected chi connectivity index (χ2v) is 6.82. The van der Waals surface area contributed by atoms with E-state index >= 15 is 0 Å². The van der Waals surface area contributed by atoms with Crippen LogP contribution in [-0.4, -0.2) is 23.1 Å². The maximum absolute atomic E-state index is 8.88. The molecular formula is C22H22N6. The molecule has 0 amide bonds. The van der Waals surface area contributed by atoms with Gasteiger partial charge in [0.05, 0.1) is 11.6 Å². The standard InChI is InChI=1S/C22H22N6/c23-15-17-4-6-18(7-5-17)26-21-14-22(25-16-24-21)27-19-8-10-20(11-9-19)28-12-2-1-3-13-28/h4-11,14,16H,1-3,12-13H2,(H2,24,25,26,27). The number of anilines is 5. The molecule has 1 aliphatic heterocycles. The van der Waals surface area contributed by atoms with Crippen LogP contribution in [0.25, 0.3) is 0 Å². The number of hydrogen-bond acceptors (Lipinski definition) is 6. The van der Waals surface area contributed by atoms with Gasteiger partial charge in [-0.05, 0) is 67.8 Å². The van der Waals surface area contributed by atoms with E-state index < -0.39 is 0 Å². The first-order valence-electron chi connectivity index (χ1n) is 9.51. The van der Waals surface area contributed by atoms with Gasteiger partial charge in [0.1, 0.15) is 18.0 Å². The van der Waals surface area contributed by atoms with Gasteiger partial charge >= 0.3 is 0 Å². The fourth-order valence-electron chi connectivity index (χ4n) is 3.33. The van der Waals surface area contributed by atoms with Crippen LogP contribution in [0, 0.1) is 11.3 Å². The van der Waals surface area contributed by atoms with Crippen molar-refractivity contribution in [3.8, 4) is 6.07 Å². The van der Waals surface area contributed by atoms with Gasteiger partial charge in [-0.15, -0.1) is 0 Å². The predicted molar refractivity (Wildman–Crippen MR) is 112 cm³/mol. The summed E-state index contributed by atoms with van der Waals surface area (Å²) in [5.74, 6) is 1.41. The van der Waals surface area contributed by atoms with Crippen molar-refractivity contribution in [3.05, 3.63) is 66.5 Å². The third kappa shape index (κ3) is 4.38. The lowest BCUT2D eigenvalue weighted by atomic mass is 10.1. The van der Waals surface area contributed by atoms with Crippen molar-refractivity contribution in [2.75, 3.05) is 28.6 Å². The Labute approximate surface area is 164 Å². The van der Waals surface area contributed by atoms with E-state index in [1.165, 1.54) is 31.3 Å². The van der Waals surface area contributed by atoms with Gasteiger partial charge in [-0.1, -0.05) is 0 Å². The number of nitrogens with zero attached hydrogens (tertiary/aromatic N) is 4. The summed E-state index contributed by atoms with van der Waals surface area (Å²) in [6.45, 7) is 2.28. The highest BCUT2D eigenvalue weighted by atomic mass is 15.1. The summed E-state index contributed by atoms with van der Waals surface area (Å²) >= 11 is 0. The molecule has 2 N–H and O–H groups in total. The highest BCUT2D eigenvalue weighted by molar-refractivity contribution is 5.65. The number of hydrogen-bond donors (Lipinski definition) is 2. The zero-order chi connectivity index (χ0) is 19.2. The molecule has 1 saturated heterocycles. The Morgan fingerprint density at radius 2 is 1.36 bits per heavy atom. The van der Waals surface area contributed by atoms with Gasteiger partial charge in [0, 0.05) is 36.2 Å². The molecule has 1 aliphatic rings. The second kappa shape index (κ2) is 8.40. The number of rotatable bonds is 5. The highest BCUT2D eigenvalue weighted by Gasteiger charge is 2.10. The van der Waals surface area contributed by atoms with Crippen LogP contribution in [0.1, 0.15) is 24.8 Å². The van der Waals surface area contributed by atoms with E-state index in [1.807, 2.05) is 18.2 Å². The average Bonchev–Trinajstić information content (AvgIpc) is 2.76. The number of benzene rings is 2. The van der Waals surface area contributed by atoms with Crippen molar-refractivity contribution in [2.45, 2.75) is 19.3 Å². The van der Waals surface area contributed by atoms with Gasteiger partial charge < -0.3 is 15.5 Å². The average molecular weight is 370 g/mol. The van der Waals surface area contributed by atoms with Gasteiger partial charge in [0.15, 0.2) is 0 Å². The van der Waals surface area contributed by atoms with Crippen LogP contribution >= 0.6 is 0 Å². The first kappa shape index (κ1) is 17.8. The van der Waals surface area contributed by atoms with Crippen molar-refractivity contribution in [1.29, 1.82) is 5.26 Å². The van der Waals surface area contributed by atoms with Crippen LogP contribution < -0.4 is 15.5 Å². The molecule has 140 valence electrons. The smallest absolute Gasteiger partial charge is 0.135 e. The van der Waals surface area contributed by atoms with E-state index in [9.17, 15) is 0 Å². The van der Waals surface area contributed by atoms with Crippen LogP contribution in [0.4, 0.5) is 28.7 Å². The minimum atomic E-state index is 0.628. The molecule has 2 aromatic carbocycles. The molecule has 6 heteroatoms. The van der Waals surface area contributed by atoms with Crippen molar-refractivity contribution in [2.24, 2.45) is 0 Å². The lowest BCUT2D eigenvalue weighted by Crippen LogP contribution is -2.29. The molecule has 4 rings (SSSR count). The molecule has 0 atom stereocenters. The maximum Gasteiger partial charge on any atom is 0.135 e. The molecule has 0 radical (unpaired) electrons. The van der Waals surface area contributed by atoms with Gasteiger partial charge in [0.25, 0.3) is 0 Å². The summed E-state index contributed by atoms with van der Waals surface area (Å²) in [6.07, 6.45) is 5.41. The summed E-state index contributed by atoms with van der Waals surface area (Å²) in [5, 5.41) is 15.4. The molecule has 0 saturated carbocycles. The first-order chi connectivity index (χ1) is 13.8. The quantitative estimate of drug-likeness (QED) is 0.670. The number of aromatic nitrogens is 2. The van der Waals surface area contributed by atoms with E-state index in [0.29, 0.717) is 11.4 Å². The zero-order valence-electron chi connectivity index (χ0n) is 15.6. The Morgan fingerprint density at radius 1 is 0.786 bits per heavy atom. The fourth-order valence-corrected chi connectivity index (χ4v) is 3.33. The van der Waals surface area contributed by atoms with Crippen molar-refractivity contribution in [3.63, 3.8) is 0 Å². The van der Waals surface area contributed by atoms with Gasteiger partial charge in [-0.25, -0.2) is 9.97 Å². The molecule has 28 heavy (non-hydrogen) atoms. The van der Waals surface area contributed by atoms with E-state index in [2.05, 4.69) is 55.8 Å². The lowest BCUT2D eigenvalue weighted by molar-refractivity contribution is 0.578. The first-order valence-corrected chi connectivity index (χ1v) is 9.51. The minimum absolute atomic E-state index is 0.628. The fraction of sp³-hybridized carbons (Fsp3) is 0.227. The molecule has 1 fully saturated rings. The largest absolute Gasteiger partial charge is 0.372 e. The Hall–Kier alpha value is -3.59. The molecule has 0 bridgehead atoms. The molecule has 3 aromatic rings. The molecule has 0 spiro atoms. The summed E-state index contributed by atoms with van der Waals surface area (Å²) in [5.41, 5.74) is 3.76. The van der Waals surface area contributed by atoms with Gasteiger partial charge in [0.2, 0.25) is 0 Å². The monoisotopic (exact) mass is 370 g/mol. The SMILES string of the molecule is N#Cc1ccc(Nc2cc(Nc3ccc(N4CCCCC4)cc3)ncn2)cc1. The van der Waals surface area contributed by atoms with Crippen molar-refractivity contribution < 1.29 is 0 Å². The molecule has 0 unspecified atom stereocenters. The summed E-state index contributed by atoms with van der Waals surface area (Å²) in [4.78, 5) is 11.0. The third-order valence-electron chi connectivity index (χ3n) is 4.81. The molecule has 1 aromatic heterocycles. The van der Waals surface area contributed by atoms with E-state index in [-0.39, 0.29) is 0 Å². The summed E-state index contributed by atoms with van der Waals surface area (Å²) < 4.78 is 0. The normalized spacial score (nSPS) is 13.6. The van der Waals surface area contributed by atoms with Crippen LogP contribution in [0.5, 0.6) is 0 Å². The van der Waals surface area contributed by atoms with Crippen molar-refractivity contribution >= 4 is 28.7 Å². The van der Waals surface area contributed by atoms with Crippen molar-refractivity contribution in [1.82, 2.24) is 9.97 Å². The second-order valence-electron chi connectivity index (χ2n) is 6.82. The molecular weight excluding hydrogens is 348 g/mol. The van der Waals surface area contributed by atoms with E-state index in [1.54, 1.807) is 12.1 Å². The lowest BCUT2D eigenvalue weighted by Gasteiger charge is -2.28. The maximum atomic E-state index is 8.88. The van der Waals surface area contributed by atoms with Crippen LogP contribution in [-0.2, 0) is 0 Å². The van der Waals surface area contributed by atoms with Crippen LogP contribution in [0.15, 0.2) is 60.9 Å². The molecule has 0 aliphatic carbocycles. The highest BCUT2D eigenvalue weighted by Crippen LogP contribution is 2.24. The third-order valence-corrected chi connectivity index (χ3v) is 4.81. The predicted octanol–water partition coefficient (Wildman–Crippen LogP) is 4.83. The van der Waals surface area contributed by atoms with Crippen LogP contribution in [0.3, 0.4) is 0 Å². The minimum Gasteiger partial charge on any atom is -0.372 e. The number of nitriles is 1. The topological polar surface area (TPSA) is 76.9 Å².